The van der Waals surface area contributed by atoms with Crippen molar-refractivity contribution >= 4 is 23.4 Å². The second-order valence-corrected chi connectivity index (χ2v) is 6.93. The van der Waals surface area contributed by atoms with Crippen LogP contribution in [-0.2, 0) is 17.0 Å². The number of rotatable bonds is 7. The van der Waals surface area contributed by atoms with Crippen molar-refractivity contribution in [1.82, 2.24) is 14.8 Å². The van der Waals surface area contributed by atoms with E-state index in [0.29, 0.717) is 23.7 Å². The maximum atomic E-state index is 8.89. The molecule has 1 aromatic heterocycles. The summed E-state index contributed by atoms with van der Waals surface area (Å²) in [5, 5.41) is 19.1. The van der Waals surface area contributed by atoms with Crippen LogP contribution in [0.3, 0.4) is 0 Å². The predicted molar refractivity (Wildman–Crippen MR) is 103 cm³/mol. The molecule has 0 aliphatic heterocycles. The molecule has 0 saturated carbocycles. The van der Waals surface area contributed by atoms with Gasteiger partial charge in [0.25, 0.3) is 0 Å². The van der Waals surface area contributed by atoms with Crippen LogP contribution in [0.5, 0.6) is 0 Å². The second-order valence-electron chi connectivity index (χ2n) is 5.55. The fraction of sp³-hybridized carbons (Fsp3) is 0.211. The van der Waals surface area contributed by atoms with E-state index >= 15 is 0 Å². The minimum absolute atomic E-state index is 0.572. The molecular weight excluding hydrogens is 368 g/mol. The molecule has 0 saturated heterocycles. The zero-order chi connectivity index (χ0) is 18.4. The number of nitrogens with zero attached hydrogens (tertiary/aromatic N) is 4. The van der Waals surface area contributed by atoms with Gasteiger partial charge in [-0.25, -0.2) is 0 Å². The SMILES string of the molecule is COCCn1c(SCc2ccc(C#N)cc2)nnc1-c1ccc(Cl)cc1. The molecule has 0 bridgehead atoms. The van der Waals surface area contributed by atoms with E-state index in [-0.39, 0.29) is 0 Å². The molecule has 0 aliphatic rings. The summed E-state index contributed by atoms with van der Waals surface area (Å²) in [6.45, 7) is 1.24. The number of benzene rings is 2. The van der Waals surface area contributed by atoms with E-state index in [4.69, 9.17) is 21.6 Å². The lowest BCUT2D eigenvalue weighted by atomic mass is 10.2. The van der Waals surface area contributed by atoms with Crippen molar-refractivity contribution in [2.24, 2.45) is 0 Å². The van der Waals surface area contributed by atoms with Gasteiger partial charge in [-0.05, 0) is 42.0 Å². The van der Waals surface area contributed by atoms with Crippen LogP contribution in [-0.4, -0.2) is 28.5 Å². The number of ether oxygens (including phenoxy) is 1. The van der Waals surface area contributed by atoms with E-state index in [1.807, 2.05) is 48.5 Å². The Kier molecular flexibility index (Phi) is 6.29. The molecule has 3 aromatic rings. The number of aromatic nitrogens is 3. The van der Waals surface area contributed by atoms with Gasteiger partial charge in [-0.1, -0.05) is 35.5 Å². The third kappa shape index (κ3) is 4.44. The zero-order valence-electron chi connectivity index (χ0n) is 14.2. The van der Waals surface area contributed by atoms with Crippen molar-refractivity contribution < 1.29 is 4.74 Å². The van der Waals surface area contributed by atoms with Gasteiger partial charge in [0.05, 0.1) is 24.8 Å². The van der Waals surface area contributed by atoms with Crippen LogP contribution in [0.1, 0.15) is 11.1 Å². The van der Waals surface area contributed by atoms with Gasteiger partial charge in [0.1, 0.15) is 0 Å². The molecule has 0 spiro atoms. The Hall–Kier alpha value is -2.33. The summed E-state index contributed by atoms with van der Waals surface area (Å²) in [5.74, 6) is 1.54. The van der Waals surface area contributed by atoms with Gasteiger partial charge in [-0.3, -0.25) is 4.57 Å². The van der Waals surface area contributed by atoms with Gasteiger partial charge in [0.15, 0.2) is 11.0 Å². The van der Waals surface area contributed by atoms with E-state index in [2.05, 4.69) is 20.8 Å². The molecule has 3 rings (SSSR count). The van der Waals surface area contributed by atoms with Gasteiger partial charge in [0.2, 0.25) is 0 Å². The Morgan fingerprint density at radius 2 is 1.85 bits per heavy atom. The number of halogens is 1. The summed E-state index contributed by atoms with van der Waals surface area (Å²) < 4.78 is 7.29. The molecule has 0 amide bonds. The van der Waals surface area contributed by atoms with E-state index in [1.54, 1.807) is 18.9 Å². The molecular formula is C19H17ClN4OS. The van der Waals surface area contributed by atoms with E-state index in [0.717, 1.165) is 27.9 Å². The van der Waals surface area contributed by atoms with Crippen LogP contribution < -0.4 is 0 Å². The van der Waals surface area contributed by atoms with Crippen molar-refractivity contribution in [2.75, 3.05) is 13.7 Å². The van der Waals surface area contributed by atoms with Crippen molar-refractivity contribution in [3.63, 3.8) is 0 Å². The molecule has 0 fully saturated rings. The second kappa shape index (κ2) is 8.86. The monoisotopic (exact) mass is 384 g/mol. The van der Waals surface area contributed by atoms with Crippen LogP contribution >= 0.6 is 23.4 Å². The van der Waals surface area contributed by atoms with Crippen molar-refractivity contribution in [2.45, 2.75) is 17.5 Å². The Labute approximate surface area is 161 Å². The molecule has 2 aromatic carbocycles. The molecule has 1 heterocycles. The maximum absolute atomic E-state index is 8.89. The first-order chi connectivity index (χ1) is 12.7. The zero-order valence-corrected chi connectivity index (χ0v) is 15.8. The van der Waals surface area contributed by atoms with E-state index in [9.17, 15) is 0 Å². The lowest BCUT2D eigenvalue weighted by Gasteiger charge is -2.10. The van der Waals surface area contributed by atoms with Crippen LogP contribution in [0.4, 0.5) is 0 Å². The molecule has 0 aliphatic carbocycles. The lowest BCUT2D eigenvalue weighted by Crippen LogP contribution is -2.07. The molecule has 0 N–H and O–H groups in total. The van der Waals surface area contributed by atoms with Gasteiger partial charge in [-0.15, -0.1) is 10.2 Å². The minimum atomic E-state index is 0.572. The van der Waals surface area contributed by atoms with Gasteiger partial charge in [0, 0.05) is 23.4 Å². The summed E-state index contributed by atoms with van der Waals surface area (Å²) in [7, 11) is 1.68. The number of hydrogen-bond acceptors (Lipinski definition) is 5. The fourth-order valence-electron chi connectivity index (χ4n) is 2.42. The lowest BCUT2D eigenvalue weighted by molar-refractivity contribution is 0.185. The molecule has 0 radical (unpaired) electrons. The first-order valence-electron chi connectivity index (χ1n) is 8.01. The van der Waals surface area contributed by atoms with Gasteiger partial charge < -0.3 is 4.74 Å². The fourth-order valence-corrected chi connectivity index (χ4v) is 3.46. The van der Waals surface area contributed by atoms with Crippen molar-refractivity contribution in [3.8, 4) is 17.5 Å². The average Bonchev–Trinajstić information content (AvgIpc) is 3.08. The molecule has 0 atom stereocenters. The molecule has 0 unspecified atom stereocenters. The Morgan fingerprint density at radius 1 is 1.12 bits per heavy atom. The summed E-state index contributed by atoms with van der Waals surface area (Å²) in [5.41, 5.74) is 2.75. The summed E-state index contributed by atoms with van der Waals surface area (Å²) >= 11 is 7.59. The predicted octanol–water partition coefficient (Wildman–Crippen LogP) is 4.41. The molecule has 5 nitrogen and oxygen atoms in total. The highest BCUT2D eigenvalue weighted by Crippen LogP contribution is 2.27. The van der Waals surface area contributed by atoms with Crippen LogP contribution in [0.2, 0.25) is 5.02 Å². The number of methoxy groups -OCH3 is 1. The molecule has 26 heavy (non-hydrogen) atoms. The minimum Gasteiger partial charge on any atom is -0.383 e. The summed E-state index contributed by atoms with van der Waals surface area (Å²) in [4.78, 5) is 0. The standard InChI is InChI=1S/C19H17ClN4OS/c1-25-11-10-24-18(16-6-8-17(20)9-7-16)22-23-19(24)26-13-15-4-2-14(12-21)3-5-15/h2-9H,10-11,13H2,1H3. The summed E-state index contributed by atoms with van der Waals surface area (Å²) in [6.07, 6.45) is 0. The Bertz CT molecular complexity index is 901. The van der Waals surface area contributed by atoms with Gasteiger partial charge >= 0.3 is 0 Å². The smallest absolute Gasteiger partial charge is 0.191 e. The van der Waals surface area contributed by atoms with Crippen molar-refractivity contribution in [3.05, 3.63) is 64.7 Å². The van der Waals surface area contributed by atoms with E-state index < -0.39 is 0 Å². The topological polar surface area (TPSA) is 63.7 Å². The third-order valence-electron chi connectivity index (χ3n) is 3.79. The number of thioether (sulfide) groups is 1. The van der Waals surface area contributed by atoms with Crippen LogP contribution in [0.25, 0.3) is 11.4 Å². The maximum Gasteiger partial charge on any atom is 0.191 e. The third-order valence-corrected chi connectivity index (χ3v) is 5.08. The highest BCUT2D eigenvalue weighted by molar-refractivity contribution is 7.98. The van der Waals surface area contributed by atoms with Crippen molar-refractivity contribution in [1.29, 1.82) is 5.26 Å². The largest absolute Gasteiger partial charge is 0.383 e. The first-order valence-corrected chi connectivity index (χ1v) is 9.37. The molecule has 132 valence electrons. The van der Waals surface area contributed by atoms with Gasteiger partial charge in [-0.2, -0.15) is 5.26 Å². The van der Waals surface area contributed by atoms with E-state index in [1.165, 1.54) is 0 Å². The number of hydrogen-bond donors (Lipinski definition) is 0. The number of nitriles is 1. The highest BCUT2D eigenvalue weighted by atomic mass is 35.5. The quantitative estimate of drug-likeness (QED) is 0.564. The molecule has 7 heteroatoms. The Balaban J connectivity index is 1.81. The van der Waals surface area contributed by atoms with Crippen LogP contribution in [0, 0.1) is 11.3 Å². The highest BCUT2D eigenvalue weighted by Gasteiger charge is 2.14. The normalized spacial score (nSPS) is 10.7. The average molecular weight is 385 g/mol. The van der Waals surface area contributed by atoms with Crippen LogP contribution in [0.15, 0.2) is 53.7 Å². The summed E-state index contributed by atoms with van der Waals surface area (Å²) in [6, 6.07) is 17.3. The Morgan fingerprint density at radius 3 is 2.50 bits per heavy atom. The first kappa shape index (κ1) is 18.5.